The Bertz CT molecular complexity index is 567. The number of nitrogens with zero attached hydrogens (tertiary/aromatic N) is 1. The summed E-state index contributed by atoms with van der Waals surface area (Å²) in [7, 11) is 0. The quantitative estimate of drug-likeness (QED) is 0.473. The van der Waals surface area contributed by atoms with Crippen molar-refractivity contribution < 1.29 is 9.36 Å². The lowest BCUT2D eigenvalue weighted by Crippen LogP contribution is -2.37. The van der Waals surface area contributed by atoms with E-state index in [0.29, 0.717) is 17.1 Å². The summed E-state index contributed by atoms with van der Waals surface area (Å²) in [6, 6.07) is 8.83. The maximum absolute atomic E-state index is 12.1. The second-order valence-corrected chi connectivity index (χ2v) is 6.04. The van der Waals surface area contributed by atoms with E-state index in [2.05, 4.69) is 31.9 Å². The van der Waals surface area contributed by atoms with Gasteiger partial charge in [0.1, 0.15) is 0 Å². The van der Waals surface area contributed by atoms with Crippen LogP contribution in [-0.4, -0.2) is 5.78 Å². The molecule has 1 aromatic heterocycles. The molecule has 2 nitrogen and oxygen atoms in total. The molecule has 0 N–H and O–H groups in total. The Kier molecular flexibility index (Phi) is 6.66. The second kappa shape index (κ2) is 7.53. The van der Waals surface area contributed by atoms with Crippen molar-refractivity contribution in [2.75, 3.05) is 0 Å². The summed E-state index contributed by atoms with van der Waals surface area (Å²) in [6.07, 6.45) is 3.72. The molecule has 1 aromatic carbocycles. The summed E-state index contributed by atoms with van der Waals surface area (Å²) in [4.78, 5) is 12.1. The van der Waals surface area contributed by atoms with Crippen LogP contribution in [0.25, 0.3) is 0 Å². The van der Waals surface area contributed by atoms with Crippen molar-refractivity contribution in [1.82, 2.24) is 0 Å². The van der Waals surface area contributed by atoms with Crippen LogP contribution in [0.3, 0.4) is 0 Å². The Morgan fingerprint density at radius 3 is 2.16 bits per heavy atom. The normalized spacial score (nSPS) is 9.84. The molecule has 0 saturated heterocycles. The van der Waals surface area contributed by atoms with Crippen LogP contribution in [0.2, 0.25) is 5.02 Å². The number of carbonyl (C=O) groups excluding carboxylic acids is 1. The number of carbonyl (C=O) groups is 1. The van der Waals surface area contributed by atoms with Crippen LogP contribution < -0.4 is 4.57 Å². The van der Waals surface area contributed by atoms with Gasteiger partial charge in [-0.15, -0.1) is 17.0 Å². The summed E-state index contributed by atoms with van der Waals surface area (Å²) >= 11 is 12.6. The smallest absolute Gasteiger partial charge is 0.227 e. The number of ketones is 1. The third-order valence-electron chi connectivity index (χ3n) is 2.35. The molecule has 1 heterocycles. The lowest BCUT2D eigenvalue weighted by atomic mass is 10.1. The van der Waals surface area contributed by atoms with Gasteiger partial charge in [-0.2, -0.15) is 4.57 Å². The van der Waals surface area contributed by atoms with E-state index in [1.807, 2.05) is 23.0 Å². The van der Waals surface area contributed by atoms with E-state index in [9.17, 15) is 4.79 Å². The third kappa shape index (κ3) is 4.99. The van der Waals surface area contributed by atoms with Crippen LogP contribution in [0, 0.1) is 0 Å². The first-order valence-corrected chi connectivity index (χ1v) is 7.15. The van der Waals surface area contributed by atoms with Gasteiger partial charge in [0.05, 0.1) is 8.95 Å². The van der Waals surface area contributed by atoms with Crippen molar-refractivity contribution >= 4 is 66.2 Å². The molecule has 0 atom stereocenters. The van der Waals surface area contributed by atoms with Crippen LogP contribution in [0.1, 0.15) is 10.4 Å². The van der Waals surface area contributed by atoms with Gasteiger partial charge in [-0.1, -0.05) is 11.6 Å². The summed E-state index contributed by atoms with van der Waals surface area (Å²) in [6.45, 7) is 0.291. The Morgan fingerprint density at radius 1 is 1.11 bits per heavy atom. The average Bonchev–Trinajstić information content (AvgIpc) is 2.28. The molecular formula is C13H10Br3ClNO+. The molecule has 2 aromatic rings. The fraction of sp³-hybridized carbons (Fsp3) is 0.0769. The fourth-order valence-corrected chi connectivity index (χ4v) is 3.00. The number of benzene rings is 1. The van der Waals surface area contributed by atoms with Crippen LogP contribution in [0.5, 0.6) is 0 Å². The van der Waals surface area contributed by atoms with Gasteiger partial charge >= 0.3 is 0 Å². The molecule has 0 radical (unpaired) electrons. The highest BCUT2D eigenvalue weighted by Crippen LogP contribution is 2.14. The number of rotatable bonds is 3. The van der Waals surface area contributed by atoms with Gasteiger partial charge in [0, 0.05) is 10.6 Å². The predicted molar refractivity (Wildman–Crippen MR) is 88.1 cm³/mol. The van der Waals surface area contributed by atoms with Gasteiger partial charge in [0.2, 0.25) is 12.3 Å². The largest absolute Gasteiger partial charge is 0.287 e. The second-order valence-electron chi connectivity index (χ2n) is 3.77. The van der Waals surface area contributed by atoms with Gasteiger partial charge in [-0.25, -0.2) is 0 Å². The van der Waals surface area contributed by atoms with E-state index >= 15 is 0 Å². The molecule has 2 rings (SSSR count). The summed E-state index contributed by atoms with van der Waals surface area (Å²) in [5.41, 5.74) is 0.656. The van der Waals surface area contributed by atoms with Gasteiger partial charge in [-0.3, -0.25) is 4.79 Å². The van der Waals surface area contributed by atoms with E-state index in [1.54, 1.807) is 24.3 Å². The lowest BCUT2D eigenvalue weighted by molar-refractivity contribution is -0.684. The fourth-order valence-electron chi connectivity index (χ4n) is 1.54. The van der Waals surface area contributed by atoms with Gasteiger partial charge in [-0.05, 0) is 62.2 Å². The van der Waals surface area contributed by atoms with E-state index in [0.717, 1.165) is 8.95 Å². The van der Waals surface area contributed by atoms with Crippen LogP contribution >= 0.6 is 60.4 Å². The monoisotopic (exact) mass is 468 g/mol. The van der Waals surface area contributed by atoms with Gasteiger partial charge < -0.3 is 0 Å². The average molecular weight is 471 g/mol. The molecular weight excluding hydrogens is 461 g/mol. The molecule has 0 fully saturated rings. The van der Waals surface area contributed by atoms with Crippen LogP contribution in [0.15, 0.2) is 51.7 Å². The number of halogens is 4. The van der Waals surface area contributed by atoms with E-state index in [4.69, 9.17) is 11.6 Å². The number of pyridine rings is 1. The topological polar surface area (TPSA) is 20.9 Å². The minimum atomic E-state index is 0. The minimum Gasteiger partial charge on any atom is -0.287 e. The minimum absolute atomic E-state index is 0. The van der Waals surface area contributed by atoms with Gasteiger partial charge in [0.15, 0.2) is 12.4 Å². The van der Waals surface area contributed by atoms with Crippen molar-refractivity contribution in [3.05, 3.63) is 62.3 Å². The zero-order valence-electron chi connectivity index (χ0n) is 9.65. The highest BCUT2D eigenvalue weighted by atomic mass is 79.9. The molecule has 0 amide bonds. The Labute approximate surface area is 143 Å². The molecule has 0 spiro atoms. The van der Waals surface area contributed by atoms with E-state index < -0.39 is 0 Å². The Balaban J connectivity index is 0.00000180. The van der Waals surface area contributed by atoms with Crippen molar-refractivity contribution in [3.8, 4) is 0 Å². The molecule has 0 unspecified atom stereocenters. The molecule has 6 heteroatoms. The molecule has 0 aliphatic carbocycles. The molecule has 0 saturated carbocycles. The maximum atomic E-state index is 12.1. The number of hydrogen-bond donors (Lipinski definition) is 0. The standard InChI is InChI=1S/C13H9Br2ClNO.BrH/c14-10-5-11(15)7-17(6-10)8-13(18)9-1-3-12(16)4-2-9;/h1-7H,8H2;1H/q+1;. The maximum Gasteiger partial charge on any atom is 0.227 e. The molecule has 0 aliphatic rings. The van der Waals surface area contributed by atoms with Crippen molar-refractivity contribution in [2.45, 2.75) is 6.54 Å². The van der Waals surface area contributed by atoms with Crippen LogP contribution in [0.4, 0.5) is 0 Å². The third-order valence-corrected chi connectivity index (χ3v) is 3.47. The molecule has 19 heavy (non-hydrogen) atoms. The highest BCUT2D eigenvalue weighted by Gasteiger charge is 2.13. The number of hydrogen-bond acceptors (Lipinski definition) is 1. The van der Waals surface area contributed by atoms with Crippen molar-refractivity contribution in [1.29, 1.82) is 0 Å². The molecule has 0 aliphatic heterocycles. The molecule has 0 bridgehead atoms. The van der Waals surface area contributed by atoms with Crippen molar-refractivity contribution in [3.63, 3.8) is 0 Å². The summed E-state index contributed by atoms with van der Waals surface area (Å²) < 4.78 is 3.66. The SMILES string of the molecule is Br.O=C(C[n+]1cc(Br)cc(Br)c1)c1ccc(Cl)cc1. The molecule has 100 valence electrons. The van der Waals surface area contributed by atoms with Crippen LogP contribution in [-0.2, 0) is 6.54 Å². The lowest BCUT2D eigenvalue weighted by Gasteiger charge is -2.00. The summed E-state index contributed by atoms with van der Waals surface area (Å²) in [5.74, 6) is 0.0432. The number of aromatic nitrogens is 1. The van der Waals surface area contributed by atoms with E-state index in [1.165, 1.54) is 0 Å². The summed E-state index contributed by atoms with van der Waals surface area (Å²) in [5, 5.41) is 0.629. The predicted octanol–water partition coefficient (Wildman–Crippen LogP) is 4.61. The first-order valence-electron chi connectivity index (χ1n) is 5.18. The number of Topliss-reactive ketones (excluding diaryl/α,β-unsaturated/α-hetero) is 1. The zero-order chi connectivity index (χ0) is 13.1. The Hall–Kier alpha value is -0.230. The van der Waals surface area contributed by atoms with Crippen molar-refractivity contribution in [2.24, 2.45) is 0 Å². The highest BCUT2D eigenvalue weighted by molar-refractivity contribution is 9.11. The van der Waals surface area contributed by atoms with Gasteiger partial charge in [0.25, 0.3) is 0 Å². The van der Waals surface area contributed by atoms with E-state index in [-0.39, 0.29) is 22.8 Å². The Morgan fingerprint density at radius 2 is 1.63 bits per heavy atom. The first kappa shape index (κ1) is 16.8. The zero-order valence-corrected chi connectivity index (χ0v) is 15.3. The first-order chi connectivity index (χ1) is 8.54.